The van der Waals surface area contributed by atoms with Gasteiger partial charge in [0.2, 0.25) is 5.91 Å². The summed E-state index contributed by atoms with van der Waals surface area (Å²) in [5.74, 6) is 0.0371. The van der Waals surface area contributed by atoms with Gasteiger partial charge < -0.3 is 9.47 Å². The van der Waals surface area contributed by atoms with Crippen LogP contribution in [0, 0.1) is 0 Å². The molecule has 0 N–H and O–H groups in total. The van der Waals surface area contributed by atoms with Crippen molar-refractivity contribution < 1.29 is 19.1 Å². The number of rotatable bonds is 4. The van der Waals surface area contributed by atoms with Gasteiger partial charge in [0, 0.05) is 13.5 Å². The zero-order valence-electron chi connectivity index (χ0n) is 10.3. The van der Waals surface area contributed by atoms with E-state index in [0.717, 1.165) is 6.42 Å². The summed E-state index contributed by atoms with van der Waals surface area (Å²) in [6.07, 6.45) is 6.01. The summed E-state index contributed by atoms with van der Waals surface area (Å²) in [7, 11) is 1.59. The molecule has 0 aromatic carbocycles. The monoisotopic (exact) mass is 241 g/mol. The van der Waals surface area contributed by atoms with Crippen molar-refractivity contribution in [3.8, 4) is 0 Å². The van der Waals surface area contributed by atoms with Crippen molar-refractivity contribution in [2.75, 3.05) is 13.9 Å². The highest BCUT2D eigenvalue weighted by atomic mass is 16.7. The van der Waals surface area contributed by atoms with E-state index in [-0.39, 0.29) is 30.9 Å². The van der Waals surface area contributed by atoms with Crippen LogP contribution in [-0.4, -0.2) is 43.1 Å². The minimum Gasteiger partial charge on any atom is -0.359 e. The molecule has 17 heavy (non-hydrogen) atoms. The van der Waals surface area contributed by atoms with Gasteiger partial charge in [0.15, 0.2) is 0 Å². The highest BCUT2D eigenvalue weighted by Gasteiger charge is 2.39. The summed E-state index contributed by atoms with van der Waals surface area (Å²) in [4.78, 5) is 17.4. The van der Waals surface area contributed by atoms with Gasteiger partial charge in [0.1, 0.15) is 18.9 Å². The van der Waals surface area contributed by atoms with Crippen molar-refractivity contribution in [3.63, 3.8) is 0 Å². The van der Waals surface area contributed by atoms with Crippen molar-refractivity contribution in [1.29, 1.82) is 0 Å². The quantitative estimate of drug-likeness (QED) is 0.549. The fourth-order valence-electron chi connectivity index (χ4n) is 2.16. The molecule has 0 aliphatic carbocycles. The van der Waals surface area contributed by atoms with E-state index < -0.39 is 0 Å². The second-order valence-electron chi connectivity index (χ2n) is 4.30. The second kappa shape index (κ2) is 5.62. The summed E-state index contributed by atoms with van der Waals surface area (Å²) in [5.41, 5.74) is 0. The molecule has 5 nitrogen and oxygen atoms in total. The highest BCUT2D eigenvalue weighted by molar-refractivity contribution is 5.77. The molecule has 1 amide bonds. The van der Waals surface area contributed by atoms with Crippen LogP contribution in [0.5, 0.6) is 0 Å². The lowest BCUT2D eigenvalue weighted by Crippen LogP contribution is -2.54. The maximum absolute atomic E-state index is 11.8. The molecule has 0 aromatic heterocycles. The topological polar surface area (TPSA) is 48.0 Å². The van der Waals surface area contributed by atoms with Crippen molar-refractivity contribution >= 4 is 5.91 Å². The molecule has 0 radical (unpaired) electrons. The molecule has 2 rings (SSSR count). The molecule has 0 unspecified atom stereocenters. The van der Waals surface area contributed by atoms with E-state index in [1.165, 1.54) is 5.06 Å². The molecule has 0 saturated carbocycles. The number of hydrogen-bond donors (Lipinski definition) is 0. The Morgan fingerprint density at radius 1 is 1.53 bits per heavy atom. The number of carbonyl (C=O) groups is 1. The fourth-order valence-corrected chi connectivity index (χ4v) is 2.16. The summed E-state index contributed by atoms with van der Waals surface area (Å²) in [6, 6.07) is -0.116. The van der Waals surface area contributed by atoms with Crippen molar-refractivity contribution in [2.24, 2.45) is 0 Å². The predicted octanol–water partition coefficient (Wildman–Crippen LogP) is 1.25. The van der Waals surface area contributed by atoms with Crippen LogP contribution in [0.25, 0.3) is 0 Å². The third-order valence-corrected chi connectivity index (χ3v) is 3.11. The zero-order chi connectivity index (χ0) is 12.3. The summed E-state index contributed by atoms with van der Waals surface area (Å²) in [5, 5.41) is 1.47. The molecule has 0 spiro atoms. The van der Waals surface area contributed by atoms with Gasteiger partial charge in [-0.05, 0) is 12.8 Å². The van der Waals surface area contributed by atoms with Crippen LogP contribution in [0.3, 0.4) is 0 Å². The molecule has 1 saturated heterocycles. The Labute approximate surface area is 101 Å². The lowest BCUT2D eigenvalue weighted by Gasteiger charge is -2.41. The maximum Gasteiger partial charge on any atom is 0.246 e. The smallest absolute Gasteiger partial charge is 0.246 e. The second-order valence-corrected chi connectivity index (χ2v) is 4.30. The summed E-state index contributed by atoms with van der Waals surface area (Å²) in [6.45, 7) is 2.27. The third-order valence-electron chi connectivity index (χ3n) is 3.11. The number of ether oxygens (including phenoxy) is 2. The zero-order valence-corrected chi connectivity index (χ0v) is 10.3. The fraction of sp³-hybridized carbons (Fsp3) is 0.750. The van der Waals surface area contributed by atoms with Gasteiger partial charge in [-0.1, -0.05) is 19.1 Å². The van der Waals surface area contributed by atoms with Gasteiger partial charge >= 0.3 is 0 Å². The maximum atomic E-state index is 11.8. The Hall–Kier alpha value is -0.910. The van der Waals surface area contributed by atoms with Crippen molar-refractivity contribution in [1.82, 2.24) is 5.06 Å². The van der Waals surface area contributed by atoms with Crippen LogP contribution in [-0.2, 0) is 19.1 Å². The standard InChI is InChI=1S/C12H19NO4/c1-3-9-4-5-10-11(16-8-15-2)6-7-12(14)13(10)17-9/h4-5,9-11H,3,6-8H2,1-2H3/t9-,10-,11+/m0/s1. The van der Waals surface area contributed by atoms with E-state index in [4.69, 9.17) is 14.3 Å². The van der Waals surface area contributed by atoms with E-state index in [1.807, 2.05) is 19.1 Å². The van der Waals surface area contributed by atoms with Gasteiger partial charge in [-0.2, -0.15) is 0 Å². The Balaban J connectivity index is 2.06. The van der Waals surface area contributed by atoms with Crippen molar-refractivity contribution in [3.05, 3.63) is 12.2 Å². The SMILES string of the molecule is CC[C@H]1C=C[C@H]2[C@H](OCOC)CCC(=O)N2O1. The van der Waals surface area contributed by atoms with Crippen LogP contribution in [0.2, 0.25) is 0 Å². The van der Waals surface area contributed by atoms with Crippen LogP contribution >= 0.6 is 0 Å². The normalized spacial score (nSPS) is 32.7. The average molecular weight is 241 g/mol. The first-order chi connectivity index (χ1) is 8.26. The largest absolute Gasteiger partial charge is 0.359 e. The molecule has 0 bridgehead atoms. The minimum atomic E-state index is -0.116. The molecule has 3 atom stereocenters. The molecule has 2 aliphatic rings. The number of methoxy groups -OCH3 is 1. The van der Waals surface area contributed by atoms with Crippen LogP contribution in [0.4, 0.5) is 0 Å². The molecule has 5 heteroatoms. The Bertz CT molecular complexity index is 305. The van der Waals surface area contributed by atoms with E-state index in [0.29, 0.717) is 12.8 Å². The van der Waals surface area contributed by atoms with Gasteiger partial charge in [-0.3, -0.25) is 9.63 Å². The van der Waals surface area contributed by atoms with E-state index in [1.54, 1.807) is 7.11 Å². The van der Waals surface area contributed by atoms with Gasteiger partial charge in [-0.25, -0.2) is 5.06 Å². The Morgan fingerprint density at radius 2 is 2.35 bits per heavy atom. The lowest BCUT2D eigenvalue weighted by atomic mass is 9.98. The van der Waals surface area contributed by atoms with Crippen LogP contribution < -0.4 is 0 Å². The third kappa shape index (κ3) is 2.68. The molecular formula is C12H19NO4. The van der Waals surface area contributed by atoms with Gasteiger partial charge in [0.25, 0.3) is 0 Å². The first-order valence-electron chi connectivity index (χ1n) is 6.04. The number of carbonyl (C=O) groups excluding carboxylic acids is 1. The molecule has 0 aromatic rings. The number of fused-ring (bicyclic) bond motifs is 1. The molecule has 1 fully saturated rings. The number of nitrogens with zero attached hydrogens (tertiary/aromatic N) is 1. The lowest BCUT2D eigenvalue weighted by molar-refractivity contribution is -0.240. The average Bonchev–Trinajstić information content (AvgIpc) is 2.38. The highest BCUT2D eigenvalue weighted by Crippen LogP contribution is 2.27. The Morgan fingerprint density at radius 3 is 3.06 bits per heavy atom. The predicted molar refractivity (Wildman–Crippen MR) is 60.9 cm³/mol. The summed E-state index contributed by atoms with van der Waals surface area (Å²) >= 11 is 0. The van der Waals surface area contributed by atoms with E-state index >= 15 is 0 Å². The first kappa shape index (κ1) is 12.5. The van der Waals surface area contributed by atoms with E-state index in [2.05, 4.69) is 0 Å². The number of piperidine rings is 1. The van der Waals surface area contributed by atoms with Gasteiger partial charge in [-0.15, -0.1) is 0 Å². The van der Waals surface area contributed by atoms with E-state index in [9.17, 15) is 4.79 Å². The molecule has 2 aliphatic heterocycles. The first-order valence-corrected chi connectivity index (χ1v) is 6.04. The molecular weight excluding hydrogens is 222 g/mol. The van der Waals surface area contributed by atoms with Crippen LogP contribution in [0.15, 0.2) is 12.2 Å². The molecule has 2 heterocycles. The minimum absolute atomic E-state index is 0.00336. The van der Waals surface area contributed by atoms with Crippen LogP contribution in [0.1, 0.15) is 26.2 Å². The Kier molecular flexibility index (Phi) is 4.15. The molecule has 96 valence electrons. The van der Waals surface area contributed by atoms with Crippen molar-refractivity contribution in [2.45, 2.75) is 44.4 Å². The number of hydrogen-bond acceptors (Lipinski definition) is 4. The number of amides is 1. The summed E-state index contributed by atoms with van der Waals surface area (Å²) < 4.78 is 10.5. The number of hydroxylamine groups is 2. The van der Waals surface area contributed by atoms with Gasteiger partial charge in [0.05, 0.1) is 6.10 Å².